The molecule has 7 nitrogen and oxygen atoms in total. The summed E-state index contributed by atoms with van der Waals surface area (Å²) in [6.07, 6.45) is 7.90. The lowest BCUT2D eigenvalue weighted by Gasteiger charge is -2.38. The number of morpholine rings is 1. The van der Waals surface area contributed by atoms with Gasteiger partial charge in [-0.1, -0.05) is 0 Å². The Bertz CT molecular complexity index is 697. The second kappa shape index (κ2) is 6.52. The Kier molecular flexibility index (Phi) is 4.08. The zero-order chi connectivity index (χ0) is 16.4. The van der Waals surface area contributed by atoms with E-state index in [1.165, 1.54) is 6.33 Å². The van der Waals surface area contributed by atoms with Gasteiger partial charge in [0.25, 0.3) is 5.91 Å². The van der Waals surface area contributed by atoms with Crippen molar-refractivity contribution >= 4 is 5.91 Å². The minimum Gasteiger partial charge on any atom is -0.486 e. The molecule has 24 heavy (non-hydrogen) atoms. The van der Waals surface area contributed by atoms with Gasteiger partial charge in [-0.25, -0.2) is 9.97 Å². The van der Waals surface area contributed by atoms with Crippen molar-refractivity contribution < 1.29 is 14.3 Å². The van der Waals surface area contributed by atoms with Gasteiger partial charge in [0.15, 0.2) is 0 Å². The maximum atomic E-state index is 12.7. The summed E-state index contributed by atoms with van der Waals surface area (Å²) in [5.74, 6) is 0.656. The Labute approximate surface area is 139 Å². The highest BCUT2D eigenvalue weighted by atomic mass is 16.5. The van der Waals surface area contributed by atoms with Crippen LogP contribution in [0.25, 0.3) is 0 Å². The lowest BCUT2D eigenvalue weighted by molar-refractivity contribution is -0.0787. The van der Waals surface area contributed by atoms with Gasteiger partial charge in [-0.05, 0) is 31.0 Å². The summed E-state index contributed by atoms with van der Waals surface area (Å²) >= 11 is 0. The summed E-state index contributed by atoms with van der Waals surface area (Å²) in [6, 6.07) is 5.38. The van der Waals surface area contributed by atoms with Crippen LogP contribution in [0.3, 0.4) is 0 Å². The van der Waals surface area contributed by atoms with Crippen LogP contribution in [0, 0.1) is 0 Å². The molecule has 2 fully saturated rings. The first-order valence-electron chi connectivity index (χ1n) is 8.08. The van der Waals surface area contributed by atoms with Crippen LogP contribution in [-0.2, 0) is 4.74 Å². The molecule has 2 aromatic rings. The molecule has 124 valence electrons. The van der Waals surface area contributed by atoms with Gasteiger partial charge < -0.3 is 14.4 Å². The van der Waals surface area contributed by atoms with Crippen molar-refractivity contribution in [3.8, 4) is 5.75 Å². The van der Waals surface area contributed by atoms with Gasteiger partial charge in [-0.15, -0.1) is 0 Å². The fourth-order valence-corrected chi connectivity index (χ4v) is 3.45. The van der Waals surface area contributed by atoms with E-state index in [1.807, 2.05) is 17.0 Å². The number of nitrogens with zero attached hydrogens (tertiary/aromatic N) is 4. The average molecular weight is 326 g/mol. The highest BCUT2D eigenvalue weighted by Crippen LogP contribution is 2.33. The number of amides is 1. The highest BCUT2D eigenvalue weighted by Gasteiger charge is 2.46. The maximum absolute atomic E-state index is 12.7. The van der Waals surface area contributed by atoms with Crippen LogP contribution in [0.5, 0.6) is 5.75 Å². The largest absolute Gasteiger partial charge is 0.486 e. The molecular formula is C17H18N4O3. The van der Waals surface area contributed by atoms with Crippen LogP contribution >= 0.6 is 0 Å². The number of hydrogen-bond donors (Lipinski definition) is 0. The summed E-state index contributed by atoms with van der Waals surface area (Å²) in [7, 11) is 0. The molecule has 1 saturated carbocycles. The number of carbonyl (C=O) groups excluding carboxylic acids is 1. The number of aromatic nitrogens is 3. The van der Waals surface area contributed by atoms with Crippen molar-refractivity contribution in [3.05, 3.63) is 48.8 Å². The highest BCUT2D eigenvalue weighted by molar-refractivity contribution is 5.92. The Morgan fingerprint density at radius 3 is 3.00 bits per heavy atom. The van der Waals surface area contributed by atoms with E-state index in [4.69, 9.17) is 9.47 Å². The van der Waals surface area contributed by atoms with E-state index in [9.17, 15) is 4.79 Å². The van der Waals surface area contributed by atoms with Crippen LogP contribution in [0.4, 0.5) is 0 Å². The molecule has 7 heteroatoms. The molecule has 3 atom stereocenters. The number of fused-ring (bicyclic) bond motifs is 1. The Balaban J connectivity index is 1.49. The Hall–Kier alpha value is -2.54. The molecule has 0 bridgehead atoms. The minimum absolute atomic E-state index is 0.0166. The molecule has 3 heterocycles. The molecule has 0 radical (unpaired) electrons. The molecule has 4 rings (SSSR count). The topological polar surface area (TPSA) is 77.4 Å². The number of rotatable bonds is 3. The normalized spacial score (nSPS) is 26.0. The minimum atomic E-state index is -0.121. The predicted molar refractivity (Wildman–Crippen MR) is 84.5 cm³/mol. The first kappa shape index (κ1) is 15.0. The molecule has 2 aliphatic rings. The van der Waals surface area contributed by atoms with Crippen molar-refractivity contribution in [2.24, 2.45) is 0 Å². The lowest BCUT2D eigenvalue weighted by Crippen LogP contribution is -2.54. The number of ether oxygens (including phenoxy) is 2. The average Bonchev–Trinajstić information content (AvgIpc) is 3.06. The van der Waals surface area contributed by atoms with Gasteiger partial charge in [0, 0.05) is 18.9 Å². The molecule has 1 saturated heterocycles. The van der Waals surface area contributed by atoms with Gasteiger partial charge in [0.2, 0.25) is 0 Å². The van der Waals surface area contributed by atoms with E-state index < -0.39 is 0 Å². The monoisotopic (exact) mass is 326 g/mol. The molecule has 1 amide bonds. The lowest BCUT2D eigenvalue weighted by atomic mass is 10.1. The van der Waals surface area contributed by atoms with E-state index in [1.54, 1.807) is 24.7 Å². The molecule has 1 aliphatic heterocycles. The summed E-state index contributed by atoms with van der Waals surface area (Å²) in [5.41, 5.74) is 0.419. The van der Waals surface area contributed by atoms with Crippen LogP contribution in [0.1, 0.15) is 23.3 Å². The van der Waals surface area contributed by atoms with Crippen molar-refractivity contribution in [2.75, 3.05) is 13.2 Å². The van der Waals surface area contributed by atoms with E-state index in [2.05, 4.69) is 15.0 Å². The smallest absolute Gasteiger partial charge is 0.272 e. The molecule has 0 aromatic carbocycles. The van der Waals surface area contributed by atoms with Gasteiger partial charge in [0.05, 0.1) is 18.8 Å². The molecule has 2 aromatic heterocycles. The predicted octanol–water partition coefficient (Wildman–Crippen LogP) is 1.32. The van der Waals surface area contributed by atoms with Crippen LogP contribution < -0.4 is 4.74 Å². The van der Waals surface area contributed by atoms with Crippen molar-refractivity contribution in [1.82, 2.24) is 19.9 Å². The summed E-state index contributed by atoms with van der Waals surface area (Å²) in [5, 5.41) is 0. The van der Waals surface area contributed by atoms with Crippen molar-refractivity contribution in [3.63, 3.8) is 0 Å². The summed E-state index contributed by atoms with van der Waals surface area (Å²) in [6.45, 7) is 1.08. The third-order valence-electron chi connectivity index (χ3n) is 4.52. The summed E-state index contributed by atoms with van der Waals surface area (Å²) < 4.78 is 12.0. The van der Waals surface area contributed by atoms with Crippen molar-refractivity contribution in [2.45, 2.75) is 31.1 Å². The van der Waals surface area contributed by atoms with Gasteiger partial charge in [-0.2, -0.15) is 0 Å². The second-order valence-corrected chi connectivity index (χ2v) is 5.92. The number of hydrogen-bond acceptors (Lipinski definition) is 6. The standard InChI is InChI=1S/C17H18N4O3/c22-17(13-5-7-19-11-20-13)21-8-9-23-16-14(21)3-4-15(16)24-12-2-1-6-18-10-12/h1-2,5-7,10-11,14-16H,3-4,8-9H2/t14-,15-,16+/m1/s1. The Morgan fingerprint density at radius 1 is 1.25 bits per heavy atom. The van der Waals surface area contributed by atoms with Gasteiger partial charge in [-0.3, -0.25) is 9.78 Å². The van der Waals surface area contributed by atoms with Crippen LogP contribution in [0.15, 0.2) is 43.1 Å². The zero-order valence-corrected chi connectivity index (χ0v) is 13.1. The Morgan fingerprint density at radius 2 is 2.21 bits per heavy atom. The number of pyridine rings is 1. The molecule has 0 unspecified atom stereocenters. The van der Waals surface area contributed by atoms with Gasteiger partial charge >= 0.3 is 0 Å². The van der Waals surface area contributed by atoms with Crippen LogP contribution in [-0.4, -0.2) is 57.2 Å². The third kappa shape index (κ3) is 2.82. The zero-order valence-electron chi connectivity index (χ0n) is 13.1. The second-order valence-electron chi connectivity index (χ2n) is 5.92. The quantitative estimate of drug-likeness (QED) is 0.847. The third-order valence-corrected chi connectivity index (χ3v) is 4.52. The van der Waals surface area contributed by atoms with Crippen molar-refractivity contribution in [1.29, 1.82) is 0 Å². The number of carbonyl (C=O) groups is 1. The molecule has 0 spiro atoms. The molecule has 1 aliphatic carbocycles. The molecular weight excluding hydrogens is 308 g/mol. The van der Waals surface area contributed by atoms with Crippen LogP contribution in [0.2, 0.25) is 0 Å². The van der Waals surface area contributed by atoms with E-state index in [-0.39, 0.29) is 24.2 Å². The van der Waals surface area contributed by atoms with E-state index in [0.717, 1.165) is 18.6 Å². The maximum Gasteiger partial charge on any atom is 0.272 e. The van der Waals surface area contributed by atoms with Gasteiger partial charge in [0.1, 0.15) is 30.0 Å². The first-order valence-corrected chi connectivity index (χ1v) is 8.08. The van der Waals surface area contributed by atoms with E-state index in [0.29, 0.717) is 18.8 Å². The fraction of sp³-hybridized carbons (Fsp3) is 0.412. The summed E-state index contributed by atoms with van der Waals surface area (Å²) in [4.78, 5) is 26.6. The molecule has 0 N–H and O–H groups in total. The fourth-order valence-electron chi connectivity index (χ4n) is 3.45. The first-order chi connectivity index (χ1) is 11.8. The van der Waals surface area contributed by atoms with E-state index >= 15 is 0 Å². The SMILES string of the molecule is O=C(c1ccncn1)N1CCO[C@H]2[C@H]1CC[C@H]2Oc1cccnc1.